The molecule has 0 fully saturated rings. The summed E-state index contributed by atoms with van der Waals surface area (Å²) in [5.41, 5.74) is 2.03. The number of hydrogen-bond donors (Lipinski definition) is 0. The summed E-state index contributed by atoms with van der Waals surface area (Å²) >= 11 is 15.6. The van der Waals surface area contributed by atoms with Crippen LogP contribution in [0, 0.1) is 0 Å². The normalized spacial score (nSPS) is 12.7. The molecule has 1 atom stereocenters. The number of furan rings is 1. The van der Waals surface area contributed by atoms with Gasteiger partial charge in [-0.2, -0.15) is 0 Å². The third kappa shape index (κ3) is 2.62. The van der Waals surface area contributed by atoms with E-state index in [2.05, 4.69) is 15.9 Å². The minimum Gasteiger partial charge on any atom is -0.453 e. The third-order valence-electron chi connectivity index (χ3n) is 2.34. The average Bonchev–Trinajstić information content (AvgIpc) is 2.68. The number of alkyl halides is 1. The Balaban J connectivity index is 2.17. The van der Waals surface area contributed by atoms with Crippen molar-refractivity contribution in [2.75, 3.05) is 0 Å². The first-order chi connectivity index (χ1) is 7.68. The molecule has 1 aromatic carbocycles. The molecule has 0 saturated carbocycles. The lowest BCUT2D eigenvalue weighted by Crippen LogP contribution is -1.95. The summed E-state index contributed by atoms with van der Waals surface area (Å²) in [6, 6.07) is 9.63. The van der Waals surface area contributed by atoms with Gasteiger partial charge in [0.2, 0.25) is 0 Å². The Morgan fingerprint density at radius 2 is 1.94 bits per heavy atom. The number of rotatable bonds is 3. The monoisotopic (exact) mass is 318 g/mol. The van der Waals surface area contributed by atoms with Gasteiger partial charge in [0, 0.05) is 15.4 Å². The smallest absolute Gasteiger partial charge is 0.197 e. The highest BCUT2D eigenvalue weighted by atomic mass is 79.9. The van der Waals surface area contributed by atoms with Crippen molar-refractivity contribution in [2.45, 2.75) is 11.2 Å². The van der Waals surface area contributed by atoms with E-state index < -0.39 is 0 Å². The molecule has 0 amide bonds. The lowest BCUT2D eigenvalue weighted by molar-refractivity contribution is 0.565. The summed E-state index contributed by atoms with van der Waals surface area (Å²) < 4.78 is 5.06. The van der Waals surface area contributed by atoms with Crippen molar-refractivity contribution in [3.8, 4) is 0 Å². The van der Waals surface area contributed by atoms with Crippen LogP contribution in [0.15, 0.2) is 41.0 Å². The van der Waals surface area contributed by atoms with Crippen molar-refractivity contribution < 1.29 is 4.42 Å². The molecule has 2 aromatic rings. The zero-order chi connectivity index (χ0) is 11.5. The molecule has 16 heavy (non-hydrogen) atoms. The first-order valence-electron chi connectivity index (χ1n) is 4.79. The van der Waals surface area contributed by atoms with Gasteiger partial charge in [0.05, 0.1) is 6.26 Å². The molecular formula is C12H9BrCl2O. The summed E-state index contributed by atoms with van der Waals surface area (Å²) in [6.45, 7) is 0. The molecule has 0 bridgehead atoms. The van der Waals surface area contributed by atoms with Crippen molar-refractivity contribution in [3.63, 3.8) is 0 Å². The first kappa shape index (κ1) is 12.0. The van der Waals surface area contributed by atoms with Crippen molar-refractivity contribution in [1.29, 1.82) is 0 Å². The molecule has 0 spiro atoms. The maximum absolute atomic E-state index is 6.09. The van der Waals surface area contributed by atoms with E-state index in [1.54, 1.807) is 6.26 Å². The Labute approximate surface area is 112 Å². The van der Waals surface area contributed by atoms with E-state index >= 15 is 0 Å². The molecule has 2 rings (SSSR count). The van der Waals surface area contributed by atoms with Crippen molar-refractivity contribution in [3.05, 3.63) is 58.0 Å². The van der Waals surface area contributed by atoms with Gasteiger partial charge in [-0.1, -0.05) is 45.7 Å². The third-order valence-corrected chi connectivity index (χ3v) is 3.83. The standard InChI is InChI=1S/C12H9BrCl2O/c13-10(9-5-6-16-12(9)15)7-8-3-1-2-4-11(8)14/h1-6,10H,7H2. The molecule has 1 heterocycles. The molecule has 0 aliphatic carbocycles. The second-order valence-corrected chi connectivity index (χ2v) is 5.27. The molecule has 0 saturated heterocycles. The molecule has 0 N–H and O–H groups in total. The quantitative estimate of drug-likeness (QED) is 0.703. The zero-order valence-corrected chi connectivity index (χ0v) is 11.4. The van der Waals surface area contributed by atoms with Crippen molar-refractivity contribution in [1.82, 2.24) is 0 Å². The van der Waals surface area contributed by atoms with E-state index in [1.165, 1.54) is 0 Å². The Kier molecular flexibility index (Phi) is 3.95. The number of benzene rings is 1. The molecule has 1 aromatic heterocycles. The van der Waals surface area contributed by atoms with Crippen LogP contribution in [-0.4, -0.2) is 0 Å². The van der Waals surface area contributed by atoms with E-state index in [9.17, 15) is 0 Å². The van der Waals surface area contributed by atoms with Crippen LogP contribution in [0.2, 0.25) is 10.2 Å². The second-order valence-electron chi connectivity index (χ2n) is 3.41. The van der Waals surface area contributed by atoms with Crippen LogP contribution in [0.4, 0.5) is 0 Å². The largest absolute Gasteiger partial charge is 0.453 e. The van der Waals surface area contributed by atoms with Gasteiger partial charge in [0.25, 0.3) is 0 Å². The van der Waals surface area contributed by atoms with Gasteiger partial charge in [-0.05, 0) is 35.7 Å². The molecule has 0 aliphatic heterocycles. The Morgan fingerprint density at radius 1 is 1.19 bits per heavy atom. The second kappa shape index (κ2) is 5.26. The minimum atomic E-state index is 0.110. The topological polar surface area (TPSA) is 13.1 Å². The van der Waals surface area contributed by atoms with E-state index in [0.717, 1.165) is 22.6 Å². The maximum atomic E-state index is 6.09. The number of hydrogen-bond acceptors (Lipinski definition) is 1. The first-order valence-corrected chi connectivity index (χ1v) is 6.46. The lowest BCUT2D eigenvalue weighted by atomic mass is 10.1. The van der Waals surface area contributed by atoms with Gasteiger partial charge >= 0.3 is 0 Å². The lowest BCUT2D eigenvalue weighted by Gasteiger charge is -2.09. The van der Waals surface area contributed by atoms with E-state index in [4.69, 9.17) is 27.6 Å². The van der Waals surface area contributed by atoms with E-state index in [-0.39, 0.29) is 4.83 Å². The number of halogens is 3. The predicted molar refractivity (Wildman–Crippen MR) is 70.5 cm³/mol. The van der Waals surface area contributed by atoms with Crippen LogP contribution in [-0.2, 0) is 6.42 Å². The van der Waals surface area contributed by atoms with Crippen LogP contribution in [0.5, 0.6) is 0 Å². The average molecular weight is 320 g/mol. The fourth-order valence-electron chi connectivity index (χ4n) is 1.50. The highest BCUT2D eigenvalue weighted by molar-refractivity contribution is 9.09. The van der Waals surface area contributed by atoms with Gasteiger partial charge in [-0.15, -0.1) is 0 Å². The highest BCUT2D eigenvalue weighted by Crippen LogP contribution is 2.34. The highest BCUT2D eigenvalue weighted by Gasteiger charge is 2.15. The van der Waals surface area contributed by atoms with Gasteiger partial charge < -0.3 is 4.42 Å². The summed E-state index contributed by atoms with van der Waals surface area (Å²) in [7, 11) is 0. The van der Waals surface area contributed by atoms with Crippen LogP contribution < -0.4 is 0 Å². The maximum Gasteiger partial charge on any atom is 0.197 e. The Bertz CT molecular complexity index is 481. The SMILES string of the molecule is Clc1ccccc1CC(Br)c1ccoc1Cl. The van der Waals surface area contributed by atoms with Crippen LogP contribution in [0.25, 0.3) is 0 Å². The van der Waals surface area contributed by atoms with Gasteiger partial charge in [0.15, 0.2) is 5.22 Å². The minimum absolute atomic E-state index is 0.110. The van der Waals surface area contributed by atoms with Gasteiger partial charge in [0.1, 0.15) is 0 Å². The van der Waals surface area contributed by atoms with Gasteiger partial charge in [-0.3, -0.25) is 0 Å². The van der Waals surface area contributed by atoms with E-state index in [1.807, 2.05) is 30.3 Å². The van der Waals surface area contributed by atoms with E-state index in [0.29, 0.717) is 5.22 Å². The molecule has 0 aliphatic rings. The zero-order valence-electron chi connectivity index (χ0n) is 8.29. The summed E-state index contributed by atoms with van der Waals surface area (Å²) in [6.07, 6.45) is 2.36. The fourth-order valence-corrected chi connectivity index (χ4v) is 2.80. The van der Waals surface area contributed by atoms with Gasteiger partial charge in [-0.25, -0.2) is 0 Å². The fraction of sp³-hybridized carbons (Fsp3) is 0.167. The Morgan fingerprint density at radius 3 is 2.56 bits per heavy atom. The molecule has 84 valence electrons. The Hall–Kier alpha value is -0.440. The van der Waals surface area contributed by atoms with Crippen LogP contribution in [0.3, 0.4) is 0 Å². The van der Waals surface area contributed by atoms with Crippen LogP contribution >= 0.6 is 39.1 Å². The summed E-state index contributed by atoms with van der Waals surface area (Å²) in [5.74, 6) is 0. The molecule has 1 nitrogen and oxygen atoms in total. The molecule has 1 unspecified atom stereocenters. The molecular weight excluding hydrogens is 311 g/mol. The van der Waals surface area contributed by atoms with Crippen molar-refractivity contribution in [2.24, 2.45) is 0 Å². The summed E-state index contributed by atoms with van der Waals surface area (Å²) in [5, 5.41) is 1.19. The summed E-state index contributed by atoms with van der Waals surface area (Å²) in [4.78, 5) is 0.110. The van der Waals surface area contributed by atoms with Crippen LogP contribution in [0.1, 0.15) is 16.0 Å². The predicted octanol–water partition coefficient (Wildman–Crippen LogP) is 5.27. The molecule has 0 radical (unpaired) electrons. The van der Waals surface area contributed by atoms with Crippen molar-refractivity contribution >= 4 is 39.1 Å². The molecule has 4 heteroatoms.